The van der Waals surface area contributed by atoms with Crippen LogP contribution in [0, 0.1) is 11.8 Å². The number of esters is 1. The lowest BCUT2D eigenvalue weighted by Crippen LogP contribution is -2.29. The molecule has 1 fully saturated rings. The first-order chi connectivity index (χ1) is 8.54. The summed E-state index contributed by atoms with van der Waals surface area (Å²) in [6.07, 6.45) is 3.76. The third kappa shape index (κ3) is 4.81. The Hall–Kier alpha value is -0.830. The monoisotopic (exact) mass is 253 g/mol. The molecule has 1 atom stereocenters. The van der Waals surface area contributed by atoms with E-state index in [1.165, 1.54) is 19.3 Å². The number of carbonyl (C=O) groups excluding carboxylic acids is 1. The summed E-state index contributed by atoms with van der Waals surface area (Å²) < 4.78 is 4.97. The molecule has 0 bridgehead atoms. The van der Waals surface area contributed by atoms with E-state index in [0.717, 1.165) is 24.9 Å². The maximum absolute atomic E-state index is 11.5. The largest absolute Gasteiger partial charge is 0.463 e. The molecule has 0 aromatic rings. The van der Waals surface area contributed by atoms with E-state index in [1.807, 2.05) is 6.92 Å². The first-order valence-corrected chi connectivity index (χ1v) is 7.11. The van der Waals surface area contributed by atoms with E-state index in [2.05, 4.69) is 25.3 Å². The van der Waals surface area contributed by atoms with Gasteiger partial charge < -0.3 is 4.74 Å². The fourth-order valence-corrected chi connectivity index (χ4v) is 2.57. The van der Waals surface area contributed by atoms with E-state index < -0.39 is 0 Å². The van der Waals surface area contributed by atoms with Gasteiger partial charge in [0.15, 0.2) is 0 Å². The number of carbonyl (C=O) groups is 1. The fraction of sp³-hybridized carbons (Fsp3) is 0.800. The van der Waals surface area contributed by atoms with E-state index in [-0.39, 0.29) is 5.97 Å². The van der Waals surface area contributed by atoms with Crippen molar-refractivity contribution in [1.29, 1.82) is 0 Å². The lowest BCUT2D eigenvalue weighted by atomic mass is 9.89. The summed E-state index contributed by atoms with van der Waals surface area (Å²) in [7, 11) is 0. The van der Waals surface area contributed by atoms with Crippen LogP contribution in [0.15, 0.2) is 12.2 Å². The molecule has 3 heteroatoms. The van der Waals surface area contributed by atoms with Crippen LogP contribution in [0.2, 0.25) is 0 Å². The van der Waals surface area contributed by atoms with Gasteiger partial charge in [-0.2, -0.15) is 0 Å². The highest BCUT2D eigenvalue weighted by molar-refractivity contribution is 5.88. The van der Waals surface area contributed by atoms with Gasteiger partial charge in [-0.15, -0.1) is 0 Å². The Bertz CT molecular complexity index is 286. The third-order valence-electron chi connectivity index (χ3n) is 3.79. The highest BCUT2D eigenvalue weighted by Crippen LogP contribution is 2.24. The van der Waals surface area contributed by atoms with Gasteiger partial charge in [0.25, 0.3) is 0 Å². The molecule has 0 aliphatic carbocycles. The smallest absolute Gasteiger partial charge is 0.334 e. The molecular weight excluding hydrogens is 226 g/mol. The fourth-order valence-electron chi connectivity index (χ4n) is 2.57. The molecule has 0 radical (unpaired) electrons. The van der Waals surface area contributed by atoms with Crippen molar-refractivity contribution >= 4 is 5.97 Å². The Labute approximate surface area is 111 Å². The van der Waals surface area contributed by atoms with Crippen LogP contribution in [0.4, 0.5) is 0 Å². The summed E-state index contributed by atoms with van der Waals surface area (Å²) in [4.78, 5) is 13.9. The number of hydrogen-bond acceptors (Lipinski definition) is 3. The zero-order valence-corrected chi connectivity index (χ0v) is 12.1. The third-order valence-corrected chi connectivity index (χ3v) is 3.79. The molecule has 0 N–H and O–H groups in total. The van der Waals surface area contributed by atoms with Crippen LogP contribution in [0.5, 0.6) is 0 Å². The quantitative estimate of drug-likeness (QED) is 0.557. The van der Waals surface area contributed by atoms with Crippen LogP contribution in [0.3, 0.4) is 0 Å². The molecule has 1 unspecified atom stereocenters. The number of rotatable bonds is 5. The van der Waals surface area contributed by atoms with Gasteiger partial charge >= 0.3 is 5.97 Å². The minimum absolute atomic E-state index is 0.248. The Morgan fingerprint density at radius 2 is 2.11 bits per heavy atom. The number of hydrogen-bond donors (Lipinski definition) is 0. The Morgan fingerprint density at radius 1 is 1.39 bits per heavy atom. The molecule has 18 heavy (non-hydrogen) atoms. The zero-order valence-electron chi connectivity index (χ0n) is 12.1. The lowest BCUT2D eigenvalue weighted by molar-refractivity contribution is -0.138. The molecule has 1 saturated heterocycles. The Balaban J connectivity index is 2.39. The molecule has 1 aliphatic heterocycles. The van der Waals surface area contributed by atoms with Crippen LogP contribution < -0.4 is 0 Å². The molecule has 0 amide bonds. The second kappa shape index (κ2) is 7.57. The molecule has 1 rings (SSSR count). The summed E-state index contributed by atoms with van der Waals surface area (Å²) in [5.41, 5.74) is 0.583. The summed E-state index contributed by atoms with van der Waals surface area (Å²) in [6, 6.07) is 0. The average molecular weight is 253 g/mol. The summed E-state index contributed by atoms with van der Waals surface area (Å²) >= 11 is 0. The highest BCUT2D eigenvalue weighted by Gasteiger charge is 2.21. The second-order valence-electron chi connectivity index (χ2n) is 5.54. The predicted octanol–water partition coefficient (Wildman–Crippen LogP) is 2.86. The van der Waals surface area contributed by atoms with Gasteiger partial charge in [0, 0.05) is 12.1 Å². The van der Waals surface area contributed by atoms with Crippen molar-refractivity contribution in [3.63, 3.8) is 0 Å². The molecule has 0 saturated carbocycles. The number of nitrogens with zero attached hydrogens (tertiary/aromatic N) is 1. The van der Waals surface area contributed by atoms with Gasteiger partial charge in [0.2, 0.25) is 0 Å². The van der Waals surface area contributed by atoms with Gasteiger partial charge in [-0.05, 0) is 51.1 Å². The van der Waals surface area contributed by atoms with Crippen molar-refractivity contribution in [3.8, 4) is 0 Å². The maximum atomic E-state index is 11.5. The average Bonchev–Trinajstić information content (AvgIpc) is 2.55. The SMILES string of the molecule is C=C(CN1CCCC(C(C)C)CC1)C(=O)OCC. The van der Waals surface area contributed by atoms with Crippen LogP contribution in [-0.2, 0) is 9.53 Å². The van der Waals surface area contributed by atoms with Crippen LogP contribution in [0.25, 0.3) is 0 Å². The van der Waals surface area contributed by atoms with Gasteiger partial charge in [0.05, 0.1) is 6.61 Å². The standard InChI is InChI=1S/C15H27NO2/c1-5-18-15(17)13(4)11-16-9-6-7-14(8-10-16)12(2)3/h12,14H,4-11H2,1-3H3. The minimum atomic E-state index is -0.248. The van der Waals surface area contributed by atoms with E-state index in [4.69, 9.17) is 4.74 Å². The minimum Gasteiger partial charge on any atom is -0.463 e. The van der Waals surface area contributed by atoms with E-state index >= 15 is 0 Å². The molecular formula is C15H27NO2. The molecule has 0 aromatic carbocycles. The van der Waals surface area contributed by atoms with E-state index in [9.17, 15) is 4.79 Å². The van der Waals surface area contributed by atoms with Gasteiger partial charge in [0.1, 0.15) is 0 Å². The first kappa shape index (κ1) is 15.2. The van der Waals surface area contributed by atoms with Crippen molar-refractivity contribution < 1.29 is 9.53 Å². The normalized spacial score (nSPS) is 21.7. The molecule has 1 aliphatic rings. The molecule has 0 spiro atoms. The number of ether oxygens (including phenoxy) is 1. The lowest BCUT2D eigenvalue weighted by Gasteiger charge is -2.21. The number of likely N-dealkylation sites (tertiary alicyclic amines) is 1. The molecule has 3 nitrogen and oxygen atoms in total. The molecule has 0 aromatic heterocycles. The van der Waals surface area contributed by atoms with E-state index in [0.29, 0.717) is 18.7 Å². The van der Waals surface area contributed by atoms with Crippen molar-refractivity contribution in [3.05, 3.63) is 12.2 Å². The van der Waals surface area contributed by atoms with Crippen molar-refractivity contribution in [2.75, 3.05) is 26.2 Å². The van der Waals surface area contributed by atoms with Crippen LogP contribution in [-0.4, -0.2) is 37.1 Å². The van der Waals surface area contributed by atoms with Crippen LogP contribution in [0.1, 0.15) is 40.0 Å². The predicted molar refractivity (Wildman–Crippen MR) is 74.4 cm³/mol. The zero-order chi connectivity index (χ0) is 13.5. The van der Waals surface area contributed by atoms with Gasteiger partial charge in [-0.1, -0.05) is 20.4 Å². The van der Waals surface area contributed by atoms with Crippen molar-refractivity contribution in [1.82, 2.24) is 4.90 Å². The van der Waals surface area contributed by atoms with Gasteiger partial charge in [-0.3, -0.25) is 4.90 Å². The summed E-state index contributed by atoms with van der Waals surface area (Å²) in [5.74, 6) is 1.34. The van der Waals surface area contributed by atoms with Crippen LogP contribution >= 0.6 is 0 Å². The Kier molecular flexibility index (Phi) is 6.41. The topological polar surface area (TPSA) is 29.5 Å². The van der Waals surface area contributed by atoms with Crippen molar-refractivity contribution in [2.24, 2.45) is 11.8 Å². The highest BCUT2D eigenvalue weighted by atomic mass is 16.5. The molecule has 104 valence electrons. The molecule has 1 heterocycles. The van der Waals surface area contributed by atoms with Crippen molar-refractivity contribution in [2.45, 2.75) is 40.0 Å². The Morgan fingerprint density at radius 3 is 2.72 bits per heavy atom. The van der Waals surface area contributed by atoms with E-state index in [1.54, 1.807) is 0 Å². The maximum Gasteiger partial charge on any atom is 0.334 e. The second-order valence-corrected chi connectivity index (χ2v) is 5.54. The summed E-state index contributed by atoms with van der Waals surface area (Å²) in [6.45, 7) is 13.5. The first-order valence-electron chi connectivity index (χ1n) is 7.11. The van der Waals surface area contributed by atoms with Gasteiger partial charge in [-0.25, -0.2) is 4.79 Å². The summed E-state index contributed by atoms with van der Waals surface area (Å²) in [5, 5.41) is 0.